The van der Waals surface area contributed by atoms with E-state index in [1.807, 2.05) is 19.1 Å². The summed E-state index contributed by atoms with van der Waals surface area (Å²) in [4.78, 5) is 13.6. The summed E-state index contributed by atoms with van der Waals surface area (Å²) in [7, 11) is -2.47. The van der Waals surface area contributed by atoms with Crippen LogP contribution in [0.1, 0.15) is 68.8 Å². The van der Waals surface area contributed by atoms with Crippen molar-refractivity contribution in [2.75, 3.05) is 18.0 Å². The average Bonchev–Trinajstić information content (AvgIpc) is 2.95. The second kappa shape index (κ2) is 10.8. The molecule has 0 aromatic heterocycles. The highest BCUT2D eigenvalue weighted by atomic mass is 32.2. The monoisotopic (exact) mass is 562 g/mol. The lowest BCUT2D eigenvalue weighted by Crippen LogP contribution is -2.51. The fourth-order valence-corrected chi connectivity index (χ4v) is 6.84. The predicted molar refractivity (Wildman–Crippen MR) is 157 cm³/mol. The van der Waals surface area contributed by atoms with Gasteiger partial charge in [-0.2, -0.15) is 0 Å². The number of fused-ring (bicyclic) bond motifs is 2. The summed E-state index contributed by atoms with van der Waals surface area (Å²) in [6.45, 7) is 8.01. The molecule has 0 saturated heterocycles. The molecule has 3 aromatic rings. The first-order valence-electron chi connectivity index (χ1n) is 13.9. The van der Waals surface area contributed by atoms with Gasteiger partial charge in [-0.25, -0.2) is 8.42 Å². The van der Waals surface area contributed by atoms with Crippen LogP contribution < -0.4 is 19.1 Å². The van der Waals surface area contributed by atoms with Crippen LogP contribution in [0.15, 0.2) is 65.6 Å². The van der Waals surface area contributed by atoms with Gasteiger partial charge in [0.15, 0.2) is 6.10 Å². The van der Waals surface area contributed by atoms with Crippen LogP contribution in [0.3, 0.4) is 0 Å². The number of methoxy groups -OCH3 is 1. The van der Waals surface area contributed by atoms with Crippen molar-refractivity contribution in [2.24, 2.45) is 0 Å². The Hall–Kier alpha value is -3.52. The maximum Gasteiger partial charge on any atom is 0.264 e. The van der Waals surface area contributed by atoms with Crippen molar-refractivity contribution in [3.8, 4) is 11.5 Å². The summed E-state index contributed by atoms with van der Waals surface area (Å²) in [6.07, 6.45) is 3.54. The predicted octanol–water partition coefficient (Wildman–Crippen LogP) is 5.71. The highest BCUT2D eigenvalue weighted by molar-refractivity contribution is 7.92. The number of anilines is 1. The van der Waals surface area contributed by atoms with E-state index >= 15 is 0 Å². The SMILES string of the molecule is COc1ccc(S(=O)(=O)N2CC(C(=O)NC(C)c3ccc4c(c3)CCCC4)Oc3ccc(C(C)(C)C)cc32)cc1. The summed E-state index contributed by atoms with van der Waals surface area (Å²) in [5.74, 6) is 0.563. The van der Waals surface area contributed by atoms with E-state index in [4.69, 9.17) is 9.47 Å². The molecule has 0 fully saturated rings. The molecule has 212 valence electrons. The molecule has 1 heterocycles. The Morgan fingerprint density at radius 2 is 1.70 bits per heavy atom. The number of rotatable bonds is 6. The van der Waals surface area contributed by atoms with E-state index in [0.717, 1.165) is 24.0 Å². The maximum atomic E-state index is 14.0. The van der Waals surface area contributed by atoms with E-state index in [0.29, 0.717) is 17.2 Å². The van der Waals surface area contributed by atoms with Crippen LogP contribution in [0.25, 0.3) is 0 Å². The van der Waals surface area contributed by atoms with Crippen molar-refractivity contribution in [3.05, 3.63) is 82.9 Å². The number of sulfonamides is 1. The van der Waals surface area contributed by atoms with Gasteiger partial charge >= 0.3 is 0 Å². The maximum absolute atomic E-state index is 14.0. The number of nitrogens with zero attached hydrogens (tertiary/aromatic N) is 1. The van der Waals surface area contributed by atoms with Gasteiger partial charge < -0.3 is 14.8 Å². The van der Waals surface area contributed by atoms with Crippen LogP contribution in [0.2, 0.25) is 0 Å². The number of benzene rings is 3. The van der Waals surface area contributed by atoms with Crippen LogP contribution in [0.5, 0.6) is 11.5 Å². The zero-order chi connectivity index (χ0) is 28.7. The third-order valence-electron chi connectivity index (χ3n) is 7.87. The fourth-order valence-electron chi connectivity index (χ4n) is 5.37. The highest BCUT2D eigenvalue weighted by Crippen LogP contribution is 2.40. The average molecular weight is 563 g/mol. The minimum atomic E-state index is -4.00. The van der Waals surface area contributed by atoms with E-state index in [2.05, 4.69) is 44.3 Å². The van der Waals surface area contributed by atoms with Crippen LogP contribution in [-0.4, -0.2) is 34.1 Å². The molecule has 1 N–H and O–H groups in total. The number of ether oxygens (including phenoxy) is 2. The van der Waals surface area contributed by atoms with Gasteiger partial charge in [-0.15, -0.1) is 0 Å². The number of nitrogens with one attached hydrogen (secondary N) is 1. The lowest BCUT2D eigenvalue weighted by Gasteiger charge is -2.36. The minimum absolute atomic E-state index is 0.115. The fraction of sp³-hybridized carbons (Fsp3) is 0.406. The van der Waals surface area contributed by atoms with E-state index in [1.54, 1.807) is 18.2 Å². The number of carbonyl (C=O) groups excluding carboxylic acids is 1. The summed E-state index contributed by atoms with van der Waals surface area (Å²) in [5, 5.41) is 3.06. The van der Waals surface area contributed by atoms with Gasteiger partial charge in [0.25, 0.3) is 15.9 Å². The smallest absolute Gasteiger partial charge is 0.264 e. The first kappa shape index (κ1) is 28.0. The molecule has 0 saturated carbocycles. The molecular weight excluding hydrogens is 524 g/mol. The second-order valence-electron chi connectivity index (χ2n) is 11.7. The van der Waals surface area contributed by atoms with Gasteiger partial charge in [0.05, 0.1) is 30.3 Å². The van der Waals surface area contributed by atoms with Crippen LogP contribution in [0, 0.1) is 0 Å². The molecule has 7 nitrogen and oxygen atoms in total. The molecule has 2 atom stereocenters. The van der Waals surface area contributed by atoms with Crippen LogP contribution >= 0.6 is 0 Å². The molecule has 1 aliphatic heterocycles. The molecular formula is C32H38N2O5S. The van der Waals surface area contributed by atoms with E-state index < -0.39 is 16.1 Å². The number of carbonyl (C=O) groups is 1. The third kappa shape index (κ3) is 5.55. The Labute approximate surface area is 237 Å². The van der Waals surface area contributed by atoms with Crippen LogP contribution in [-0.2, 0) is 33.1 Å². The van der Waals surface area contributed by atoms with Crippen molar-refractivity contribution < 1.29 is 22.7 Å². The standard InChI is InChI=1S/C32H38N2O5S/c1-21(23-11-10-22-8-6-7-9-24(22)18-23)33-31(35)30-20-34(40(36,37)27-15-13-26(38-5)14-16-27)28-19-25(32(2,3)4)12-17-29(28)39-30/h10-19,21,30H,6-9,20H2,1-5H3,(H,33,35). The number of aryl methyl sites for hydroxylation is 2. The normalized spacial score (nSPS) is 17.7. The molecule has 3 aromatic carbocycles. The Morgan fingerprint density at radius 3 is 2.38 bits per heavy atom. The number of hydrogen-bond acceptors (Lipinski definition) is 5. The summed E-state index contributed by atoms with van der Waals surface area (Å²) < 4.78 is 40.6. The molecule has 5 rings (SSSR count). The molecule has 2 unspecified atom stereocenters. The molecule has 1 aliphatic carbocycles. The Bertz CT molecular complexity index is 1510. The van der Waals surface area contributed by atoms with Crippen molar-refractivity contribution in [1.29, 1.82) is 0 Å². The Kier molecular flexibility index (Phi) is 7.57. The molecule has 2 aliphatic rings. The number of amides is 1. The van der Waals surface area contributed by atoms with Gasteiger partial charge in [0.2, 0.25) is 0 Å². The zero-order valence-corrected chi connectivity index (χ0v) is 24.7. The quantitative estimate of drug-likeness (QED) is 0.416. The van der Waals surface area contributed by atoms with Crippen molar-refractivity contribution in [1.82, 2.24) is 5.32 Å². The molecule has 1 amide bonds. The van der Waals surface area contributed by atoms with Gasteiger partial charge in [-0.3, -0.25) is 9.10 Å². The summed E-state index contributed by atoms with van der Waals surface area (Å²) >= 11 is 0. The molecule has 40 heavy (non-hydrogen) atoms. The van der Waals surface area contributed by atoms with E-state index in [9.17, 15) is 13.2 Å². The molecule has 0 bridgehead atoms. The summed E-state index contributed by atoms with van der Waals surface area (Å²) in [6, 6.07) is 18.0. The number of hydrogen-bond donors (Lipinski definition) is 1. The first-order valence-corrected chi connectivity index (χ1v) is 15.3. The van der Waals surface area contributed by atoms with Gasteiger partial charge in [-0.05, 0) is 96.7 Å². The minimum Gasteiger partial charge on any atom is -0.497 e. The van der Waals surface area contributed by atoms with Crippen molar-refractivity contribution >= 4 is 21.6 Å². The topological polar surface area (TPSA) is 84.9 Å². The van der Waals surface area contributed by atoms with E-state index in [1.165, 1.54) is 47.5 Å². The molecule has 0 spiro atoms. The van der Waals surface area contributed by atoms with Gasteiger partial charge in [-0.1, -0.05) is 45.0 Å². The highest BCUT2D eigenvalue weighted by Gasteiger charge is 2.38. The van der Waals surface area contributed by atoms with Gasteiger partial charge in [0.1, 0.15) is 11.5 Å². The lowest BCUT2D eigenvalue weighted by molar-refractivity contribution is -0.128. The lowest BCUT2D eigenvalue weighted by atomic mass is 9.86. The van der Waals surface area contributed by atoms with Crippen molar-refractivity contribution in [2.45, 2.75) is 75.8 Å². The zero-order valence-electron chi connectivity index (χ0n) is 23.9. The Balaban J connectivity index is 1.45. The molecule has 8 heteroatoms. The van der Waals surface area contributed by atoms with Crippen LogP contribution in [0.4, 0.5) is 5.69 Å². The third-order valence-corrected chi connectivity index (χ3v) is 9.66. The molecule has 0 radical (unpaired) electrons. The Morgan fingerprint density at radius 1 is 1.00 bits per heavy atom. The largest absolute Gasteiger partial charge is 0.497 e. The first-order chi connectivity index (χ1) is 19.0. The van der Waals surface area contributed by atoms with E-state index in [-0.39, 0.29) is 28.8 Å². The summed E-state index contributed by atoms with van der Waals surface area (Å²) in [5.41, 5.74) is 4.95. The second-order valence-corrected chi connectivity index (χ2v) is 13.6. The van der Waals surface area contributed by atoms with Crippen molar-refractivity contribution in [3.63, 3.8) is 0 Å². The van der Waals surface area contributed by atoms with Gasteiger partial charge in [0, 0.05) is 0 Å².